The van der Waals surface area contributed by atoms with Crippen LogP contribution in [-0.4, -0.2) is 44.2 Å². The van der Waals surface area contributed by atoms with Gasteiger partial charge in [-0.1, -0.05) is 20.8 Å². The van der Waals surface area contributed by atoms with Gasteiger partial charge in [-0.15, -0.1) is 10.2 Å². The molecule has 0 aliphatic carbocycles. The maximum Gasteiger partial charge on any atom is 0.251 e. The number of ether oxygens (including phenoxy) is 1. The van der Waals surface area contributed by atoms with Crippen molar-refractivity contribution in [2.45, 2.75) is 66.0 Å². The van der Waals surface area contributed by atoms with E-state index < -0.39 is 0 Å². The van der Waals surface area contributed by atoms with Gasteiger partial charge in [-0.05, 0) is 31.6 Å². The van der Waals surface area contributed by atoms with Crippen molar-refractivity contribution in [1.82, 2.24) is 25.0 Å². The summed E-state index contributed by atoms with van der Waals surface area (Å²) >= 11 is 0. The zero-order chi connectivity index (χ0) is 20.4. The smallest absolute Gasteiger partial charge is 0.251 e. The van der Waals surface area contributed by atoms with E-state index in [-0.39, 0.29) is 5.41 Å². The van der Waals surface area contributed by atoms with Crippen molar-refractivity contribution in [3.63, 3.8) is 0 Å². The zero-order valence-corrected chi connectivity index (χ0v) is 17.7. The Kier molecular flexibility index (Phi) is 5.54. The van der Waals surface area contributed by atoms with Crippen LogP contribution in [0.15, 0.2) is 16.8 Å². The van der Waals surface area contributed by atoms with E-state index in [9.17, 15) is 0 Å². The summed E-state index contributed by atoms with van der Waals surface area (Å²) in [4.78, 5) is 4.64. The molecule has 156 valence electrons. The second kappa shape index (κ2) is 8.10. The van der Waals surface area contributed by atoms with Crippen LogP contribution in [0.2, 0.25) is 0 Å². The molecule has 4 heterocycles. The molecule has 1 fully saturated rings. The van der Waals surface area contributed by atoms with Gasteiger partial charge in [-0.2, -0.15) is 5.10 Å². The highest BCUT2D eigenvalue weighted by atomic mass is 16.5. The average Bonchev–Trinajstić information content (AvgIpc) is 3.34. The van der Waals surface area contributed by atoms with Gasteiger partial charge in [0.15, 0.2) is 5.65 Å². The Morgan fingerprint density at radius 2 is 1.97 bits per heavy atom. The van der Waals surface area contributed by atoms with Crippen LogP contribution in [0.25, 0.3) is 22.5 Å². The number of rotatable bonds is 6. The van der Waals surface area contributed by atoms with Crippen molar-refractivity contribution in [2.75, 3.05) is 18.5 Å². The lowest BCUT2D eigenvalue weighted by atomic mass is 9.91. The van der Waals surface area contributed by atoms with Gasteiger partial charge in [0.2, 0.25) is 5.89 Å². The molecule has 1 aliphatic rings. The molecule has 1 saturated heterocycles. The number of aromatic nitrogens is 5. The summed E-state index contributed by atoms with van der Waals surface area (Å²) in [6.45, 7) is 11.0. The van der Waals surface area contributed by atoms with Crippen LogP contribution in [0.4, 0.5) is 5.69 Å². The number of hydrogen-bond acceptors (Lipinski definition) is 7. The molecule has 0 aromatic carbocycles. The zero-order valence-electron chi connectivity index (χ0n) is 17.7. The van der Waals surface area contributed by atoms with Crippen LogP contribution in [0.5, 0.6) is 0 Å². The quantitative estimate of drug-likeness (QED) is 0.669. The van der Waals surface area contributed by atoms with E-state index in [1.165, 1.54) is 0 Å². The SMILES string of the molecule is CCn1ncc2c(NC3CCOCC3)c(-c3nnc(CCC(C)(C)C)o3)cnc21. The van der Waals surface area contributed by atoms with Crippen molar-refractivity contribution in [2.24, 2.45) is 5.41 Å². The van der Waals surface area contributed by atoms with E-state index in [2.05, 4.69) is 53.3 Å². The van der Waals surface area contributed by atoms with E-state index >= 15 is 0 Å². The second-order valence-corrected chi connectivity index (χ2v) is 8.84. The highest BCUT2D eigenvalue weighted by Crippen LogP contribution is 2.34. The minimum Gasteiger partial charge on any atom is -0.421 e. The number of pyridine rings is 1. The molecule has 29 heavy (non-hydrogen) atoms. The standard InChI is InChI=1S/C21H30N6O2/c1-5-27-19-15(13-23-27)18(24-14-7-10-28-11-8-14)16(12-22-19)20-26-25-17(29-20)6-9-21(2,3)4/h12-14H,5-11H2,1-4H3,(H,22,24). The predicted octanol–water partition coefficient (Wildman–Crippen LogP) is 4.07. The summed E-state index contributed by atoms with van der Waals surface area (Å²) in [5.74, 6) is 1.17. The van der Waals surface area contributed by atoms with Gasteiger partial charge in [-0.3, -0.25) is 0 Å². The minimum absolute atomic E-state index is 0.222. The first-order valence-corrected chi connectivity index (χ1v) is 10.5. The van der Waals surface area contributed by atoms with Gasteiger partial charge < -0.3 is 14.5 Å². The van der Waals surface area contributed by atoms with Crippen LogP contribution in [0.1, 0.15) is 52.8 Å². The third-order valence-electron chi connectivity index (χ3n) is 5.32. The van der Waals surface area contributed by atoms with Crippen molar-refractivity contribution in [3.05, 3.63) is 18.3 Å². The predicted molar refractivity (Wildman–Crippen MR) is 112 cm³/mol. The number of fused-ring (bicyclic) bond motifs is 1. The largest absolute Gasteiger partial charge is 0.421 e. The monoisotopic (exact) mass is 398 g/mol. The fraction of sp³-hybridized carbons (Fsp3) is 0.619. The van der Waals surface area contributed by atoms with Crippen LogP contribution < -0.4 is 5.32 Å². The van der Waals surface area contributed by atoms with Crippen LogP contribution >= 0.6 is 0 Å². The third kappa shape index (κ3) is 4.42. The molecule has 0 bridgehead atoms. The summed E-state index contributed by atoms with van der Waals surface area (Å²) in [6.07, 6.45) is 7.37. The van der Waals surface area contributed by atoms with Gasteiger partial charge >= 0.3 is 0 Å². The van der Waals surface area contributed by atoms with Gasteiger partial charge in [0.25, 0.3) is 5.89 Å². The number of nitrogens with one attached hydrogen (secondary N) is 1. The number of hydrogen-bond donors (Lipinski definition) is 1. The first-order valence-electron chi connectivity index (χ1n) is 10.5. The lowest BCUT2D eigenvalue weighted by Gasteiger charge is -2.25. The minimum atomic E-state index is 0.222. The fourth-order valence-electron chi connectivity index (χ4n) is 3.57. The molecule has 0 atom stereocenters. The Morgan fingerprint density at radius 3 is 2.69 bits per heavy atom. The van der Waals surface area contributed by atoms with E-state index in [1.807, 2.05) is 17.1 Å². The molecule has 3 aromatic rings. The van der Waals surface area contributed by atoms with Crippen molar-refractivity contribution < 1.29 is 9.15 Å². The summed E-state index contributed by atoms with van der Waals surface area (Å²) in [6, 6.07) is 0.335. The molecular weight excluding hydrogens is 368 g/mol. The maximum absolute atomic E-state index is 6.02. The summed E-state index contributed by atoms with van der Waals surface area (Å²) in [5.41, 5.74) is 2.87. The molecule has 0 amide bonds. The molecule has 1 aliphatic heterocycles. The number of nitrogens with zero attached hydrogens (tertiary/aromatic N) is 5. The number of anilines is 1. The highest BCUT2D eigenvalue weighted by Gasteiger charge is 2.22. The molecule has 3 aromatic heterocycles. The Morgan fingerprint density at radius 1 is 1.17 bits per heavy atom. The molecular formula is C21H30N6O2. The van der Waals surface area contributed by atoms with E-state index in [1.54, 1.807) is 0 Å². The molecule has 0 radical (unpaired) electrons. The Bertz CT molecular complexity index is 965. The lowest BCUT2D eigenvalue weighted by Crippen LogP contribution is -2.28. The fourth-order valence-corrected chi connectivity index (χ4v) is 3.57. The average molecular weight is 399 g/mol. The van der Waals surface area contributed by atoms with Crippen molar-refractivity contribution in [3.8, 4) is 11.5 Å². The van der Waals surface area contributed by atoms with Gasteiger partial charge in [0.1, 0.15) is 0 Å². The van der Waals surface area contributed by atoms with E-state index in [0.717, 1.165) is 67.7 Å². The lowest BCUT2D eigenvalue weighted by molar-refractivity contribution is 0.0905. The third-order valence-corrected chi connectivity index (χ3v) is 5.32. The summed E-state index contributed by atoms with van der Waals surface area (Å²) in [7, 11) is 0. The Balaban J connectivity index is 1.69. The summed E-state index contributed by atoms with van der Waals surface area (Å²) < 4.78 is 13.4. The first-order chi connectivity index (χ1) is 13.9. The Labute approximate surface area is 171 Å². The van der Waals surface area contributed by atoms with Gasteiger partial charge in [0.05, 0.1) is 22.8 Å². The molecule has 8 heteroatoms. The van der Waals surface area contributed by atoms with Crippen LogP contribution in [0.3, 0.4) is 0 Å². The molecule has 4 rings (SSSR count). The van der Waals surface area contributed by atoms with Crippen LogP contribution in [-0.2, 0) is 17.7 Å². The van der Waals surface area contributed by atoms with Gasteiger partial charge in [0, 0.05) is 38.4 Å². The normalized spacial score (nSPS) is 15.9. The van der Waals surface area contributed by atoms with Crippen molar-refractivity contribution >= 4 is 16.7 Å². The van der Waals surface area contributed by atoms with Gasteiger partial charge in [-0.25, -0.2) is 9.67 Å². The molecule has 1 N–H and O–H groups in total. The van der Waals surface area contributed by atoms with E-state index in [4.69, 9.17) is 9.15 Å². The van der Waals surface area contributed by atoms with E-state index in [0.29, 0.717) is 17.8 Å². The molecule has 8 nitrogen and oxygen atoms in total. The summed E-state index contributed by atoms with van der Waals surface area (Å²) in [5, 5.41) is 17.8. The van der Waals surface area contributed by atoms with Crippen LogP contribution in [0, 0.1) is 5.41 Å². The maximum atomic E-state index is 6.02. The Hall–Kier alpha value is -2.48. The topological polar surface area (TPSA) is 90.9 Å². The highest BCUT2D eigenvalue weighted by molar-refractivity contribution is 5.96. The number of aryl methyl sites for hydroxylation is 2. The molecule has 0 unspecified atom stereocenters. The molecule has 0 saturated carbocycles. The second-order valence-electron chi connectivity index (χ2n) is 8.84. The van der Waals surface area contributed by atoms with Crippen molar-refractivity contribution in [1.29, 1.82) is 0 Å². The molecule has 0 spiro atoms. The first kappa shape index (κ1) is 19.8.